The van der Waals surface area contributed by atoms with Gasteiger partial charge < -0.3 is 9.30 Å². The number of hydrogen-bond acceptors (Lipinski definition) is 5. The van der Waals surface area contributed by atoms with Crippen LogP contribution in [0.5, 0.6) is 5.75 Å². The summed E-state index contributed by atoms with van der Waals surface area (Å²) in [5.74, 6) is 1.48. The van der Waals surface area contributed by atoms with Gasteiger partial charge in [-0.15, -0.1) is 0 Å². The van der Waals surface area contributed by atoms with Crippen molar-refractivity contribution in [2.45, 2.75) is 32.7 Å². The first-order valence-corrected chi connectivity index (χ1v) is 12.5. The van der Waals surface area contributed by atoms with Gasteiger partial charge in [-0.05, 0) is 48.2 Å². The van der Waals surface area contributed by atoms with Crippen LogP contribution in [0.1, 0.15) is 37.3 Å². The minimum atomic E-state index is 0.574. The third kappa shape index (κ3) is 4.82. The van der Waals surface area contributed by atoms with Crippen molar-refractivity contribution in [3.63, 3.8) is 0 Å². The highest BCUT2D eigenvalue weighted by Gasteiger charge is 2.08. The highest BCUT2D eigenvalue weighted by atomic mass is 32.1. The van der Waals surface area contributed by atoms with Gasteiger partial charge >= 0.3 is 0 Å². The molecule has 0 bridgehead atoms. The molecule has 34 heavy (non-hydrogen) atoms. The Balaban J connectivity index is 1.26. The lowest BCUT2D eigenvalue weighted by Gasteiger charge is -2.11. The van der Waals surface area contributed by atoms with Gasteiger partial charge in [0.2, 0.25) is 5.13 Å². The average Bonchev–Trinajstić information content (AvgIpc) is 3.45. The molecule has 0 aliphatic rings. The van der Waals surface area contributed by atoms with Gasteiger partial charge in [-0.3, -0.25) is 5.43 Å². The predicted octanol–water partition coefficient (Wildman–Crippen LogP) is 7.29. The van der Waals surface area contributed by atoms with Crippen molar-refractivity contribution >= 4 is 43.8 Å². The van der Waals surface area contributed by atoms with Gasteiger partial charge in [0.05, 0.1) is 23.0 Å². The Morgan fingerprint density at radius 1 is 1.06 bits per heavy atom. The standard InChI is InChI=1S/C28H28N4OS/c1-3-20(2)21-12-14-23(15-13-21)33-17-16-32-19-22(24-8-4-6-10-26(24)32)18-29-31-28-30-25-9-5-7-11-27(25)34-28/h4-15,18-20H,3,16-17H2,1-2H3,(H,30,31)/b29-18-/t20-/m0/s1. The number of aromatic nitrogens is 2. The van der Waals surface area contributed by atoms with Gasteiger partial charge in [0.25, 0.3) is 0 Å². The van der Waals surface area contributed by atoms with Crippen LogP contribution in [0, 0.1) is 0 Å². The Morgan fingerprint density at radius 3 is 2.68 bits per heavy atom. The van der Waals surface area contributed by atoms with Crippen LogP contribution in [0.4, 0.5) is 5.13 Å². The number of anilines is 1. The van der Waals surface area contributed by atoms with E-state index in [1.165, 1.54) is 11.1 Å². The molecule has 0 saturated heterocycles. The molecule has 0 saturated carbocycles. The van der Waals surface area contributed by atoms with E-state index in [1.807, 2.05) is 24.4 Å². The van der Waals surface area contributed by atoms with Crippen molar-refractivity contribution in [1.29, 1.82) is 0 Å². The highest BCUT2D eigenvalue weighted by molar-refractivity contribution is 7.22. The first-order chi connectivity index (χ1) is 16.7. The molecule has 0 aliphatic carbocycles. The maximum Gasteiger partial charge on any atom is 0.204 e. The molecule has 0 amide bonds. The maximum atomic E-state index is 6.03. The normalized spacial score (nSPS) is 12.5. The summed E-state index contributed by atoms with van der Waals surface area (Å²) in [4.78, 5) is 4.57. The van der Waals surface area contributed by atoms with E-state index < -0.39 is 0 Å². The molecule has 1 atom stereocenters. The quantitative estimate of drug-likeness (QED) is 0.182. The molecule has 0 unspecified atom stereocenters. The number of nitrogens with one attached hydrogen (secondary N) is 1. The number of hydrogen-bond donors (Lipinski definition) is 1. The molecule has 6 heteroatoms. The molecule has 1 N–H and O–H groups in total. The minimum Gasteiger partial charge on any atom is -0.492 e. The van der Waals surface area contributed by atoms with Crippen LogP contribution in [-0.4, -0.2) is 22.4 Å². The largest absolute Gasteiger partial charge is 0.492 e. The van der Waals surface area contributed by atoms with E-state index in [4.69, 9.17) is 4.74 Å². The van der Waals surface area contributed by atoms with Gasteiger partial charge in [-0.25, -0.2) is 4.98 Å². The molecule has 5 rings (SSSR count). The summed E-state index contributed by atoms with van der Waals surface area (Å²) in [5, 5.41) is 6.40. The number of fused-ring (bicyclic) bond motifs is 2. The lowest BCUT2D eigenvalue weighted by atomic mass is 9.99. The smallest absolute Gasteiger partial charge is 0.204 e. The van der Waals surface area contributed by atoms with E-state index in [0.717, 1.165) is 45.0 Å². The number of benzene rings is 3. The Bertz CT molecular complexity index is 1380. The fourth-order valence-electron chi connectivity index (χ4n) is 4.03. The van der Waals surface area contributed by atoms with Gasteiger partial charge in [0.15, 0.2) is 0 Å². The Labute approximate surface area is 203 Å². The Morgan fingerprint density at radius 2 is 1.85 bits per heavy atom. The third-order valence-electron chi connectivity index (χ3n) is 6.14. The second-order valence-corrected chi connectivity index (χ2v) is 9.41. The van der Waals surface area contributed by atoms with Crippen LogP contribution in [0.3, 0.4) is 0 Å². The van der Waals surface area contributed by atoms with Gasteiger partial charge in [-0.2, -0.15) is 5.10 Å². The average molecular weight is 469 g/mol. The zero-order valence-electron chi connectivity index (χ0n) is 19.4. The molecule has 0 fully saturated rings. The summed E-state index contributed by atoms with van der Waals surface area (Å²) in [7, 11) is 0. The molecule has 2 aromatic heterocycles. The van der Waals surface area contributed by atoms with Crippen molar-refractivity contribution in [3.05, 3.63) is 90.1 Å². The lowest BCUT2D eigenvalue weighted by Crippen LogP contribution is -2.07. The predicted molar refractivity (Wildman–Crippen MR) is 143 cm³/mol. The third-order valence-corrected chi connectivity index (χ3v) is 7.08. The molecule has 172 valence electrons. The molecular formula is C28H28N4OS. The molecule has 0 radical (unpaired) electrons. The van der Waals surface area contributed by atoms with E-state index in [-0.39, 0.29) is 0 Å². The first-order valence-electron chi connectivity index (χ1n) is 11.7. The number of nitrogens with zero attached hydrogens (tertiary/aromatic N) is 3. The summed E-state index contributed by atoms with van der Waals surface area (Å²) in [5.41, 5.74) is 7.64. The van der Waals surface area contributed by atoms with Crippen LogP contribution in [0.15, 0.2) is 84.1 Å². The summed E-state index contributed by atoms with van der Waals surface area (Å²) < 4.78 is 9.40. The van der Waals surface area contributed by atoms with Crippen LogP contribution < -0.4 is 10.2 Å². The first kappa shape index (κ1) is 22.2. The number of thiazole rings is 1. The van der Waals surface area contributed by atoms with Crippen molar-refractivity contribution in [3.8, 4) is 5.75 Å². The Kier molecular flexibility index (Phi) is 6.58. The van der Waals surface area contributed by atoms with Crippen molar-refractivity contribution in [1.82, 2.24) is 9.55 Å². The number of rotatable bonds is 9. The maximum absolute atomic E-state index is 6.03. The molecule has 2 heterocycles. The van der Waals surface area contributed by atoms with E-state index in [9.17, 15) is 0 Å². The van der Waals surface area contributed by atoms with E-state index in [2.05, 4.69) is 94.7 Å². The van der Waals surface area contributed by atoms with E-state index in [0.29, 0.717) is 12.5 Å². The number of para-hydroxylation sites is 2. The molecule has 5 nitrogen and oxygen atoms in total. The minimum absolute atomic E-state index is 0.574. The summed E-state index contributed by atoms with van der Waals surface area (Å²) in [6.45, 7) is 5.82. The number of ether oxygens (including phenoxy) is 1. The molecule has 5 aromatic rings. The second-order valence-electron chi connectivity index (χ2n) is 8.38. The summed E-state index contributed by atoms with van der Waals surface area (Å²) in [6, 6.07) is 24.9. The summed E-state index contributed by atoms with van der Waals surface area (Å²) >= 11 is 1.60. The van der Waals surface area contributed by atoms with Gasteiger partial charge in [0.1, 0.15) is 12.4 Å². The number of hydrazone groups is 1. The molecule has 0 aliphatic heterocycles. The van der Waals surface area contributed by atoms with Crippen LogP contribution in [0.25, 0.3) is 21.1 Å². The van der Waals surface area contributed by atoms with Crippen molar-refractivity contribution < 1.29 is 4.74 Å². The SMILES string of the molecule is CC[C@H](C)c1ccc(OCCn2cc(/C=N\Nc3nc4ccccc4s3)c3ccccc32)cc1. The van der Waals surface area contributed by atoms with Crippen molar-refractivity contribution in [2.75, 3.05) is 12.0 Å². The van der Waals surface area contributed by atoms with Crippen LogP contribution in [-0.2, 0) is 6.54 Å². The van der Waals surface area contributed by atoms with Gasteiger partial charge in [-0.1, -0.05) is 67.6 Å². The fourth-order valence-corrected chi connectivity index (χ4v) is 4.85. The molecule has 3 aromatic carbocycles. The van der Waals surface area contributed by atoms with E-state index in [1.54, 1.807) is 11.3 Å². The van der Waals surface area contributed by atoms with E-state index >= 15 is 0 Å². The zero-order valence-corrected chi connectivity index (χ0v) is 20.3. The van der Waals surface area contributed by atoms with Crippen molar-refractivity contribution in [2.24, 2.45) is 5.10 Å². The monoisotopic (exact) mass is 468 g/mol. The second kappa shape index (κ2) is 10.1. The Hall–Kier alpha value is -3.64. The molecular weight excluding hydrogens is 440 g/mol. The zero-order chi connectivity index (χ0) is 23.3. The van der Waals surface area contributed by atoms with Crippen LogP contribution >= 0.6 is 11.3 Å². The van der Waals surface area contributed by atoms with Gasteiger partial charge in [0, 0.05) is 22.7 Å². The topological polar surface area (TPSA) is 51.4 Å². The molecule has 0 spiro atoms. The lowest BCUT2D eigenvalue weighted by molar-refractivity contribution is 0.300. The fraction of sp³-hybridized carbons (Fsp3) is 0.214. The van der Waals surface area contributed by atoms with Crippen LogP contribution in [0.2, 0.25) is 0 Å². The summed E-state index contributed by atoms with van der Waals surface area (Å²) in [6.07, 6.45) is 5.13. The highest BCUT2D eigenvalue weighted by Crippen LogP contribution is 2.26.